The van der Waals surface area contributed by atoms with Crippen molar-refractivity contribution in [3.63, 3.8) is 0 Å². The first-order chi connectivity index (χ1) is 10.0. The Labute approximate surface area is 126 Å². The minimum atomic E-state index is 0.458. The number of hydrogen-bond donors (Lipinski definition) is 0. The summed E-state index contributed by atoms with van der Waals surface area (Å²) >= 11 is 0. The van der Waals surface area contributed by atoms with Gasteiger partial charge in [-0.2, -0.15) is 0 Å². The van der Waals surface area contributed by atoms with Gasteiger partial charge in [-0.05, 0) is 40.3 Å². The molecule has 1 heterocycles. The van der Waals surface area contributed by atoms with E-state index in [0.717, 1.165) is 5.69 Å². The van der Waals surface area contributed by atoms with Gasteiger partial charge < -0.3 is 4.57 Å². The second-order valence-electron chi connectivity index (χ2n) is 6.31. The quantitative estimate of drug-likeness (QED) is 0.638. The normalized spacial score (nSPS) is 11.7. The van der Waals surface area contributed by atoms with Crippen LogP contribution in [0, 0.1) is 0 Å². The molecular formula is C19H22N2. The van der Waals surface area contributed by atoms with Crippen molar-refractivity contribution in [2.45, 2.75) is 39.5 Å². The first kappa shape index (κ1) is 13.9. The standard InChI is InChI=1S/C19H22N2/c1-13(2)16-6-5-15-7-8-18(10-17(15)9-16)21-11-19(14(3)4)20-12-21/h5-14H,1-4H3. The molecule has 0 saturated carbocycles. The van der Waals surface area contributed by atoms with Crippen molar-refractivity contribution in [2.24, 2.45) is 0 Å². The average Bonchev–Trinajstić information content (AvgIpc) is 2.96. The maximum atomic E-state index is 4.48. The molecule has 3 rings (SSSR count). The molecule has 0 amide bonds. The van der Waals surface area contributed by atoms with Crippen molar-refractivity contribution in [3.8, 4) is 5.69 Å². The first-order valence-electron chi connectivity index (χ1n) is 7.62. The topological polar surface area (TPSA) is 17.8 Å². The van der Waals surface area contributed by atoms with E-state index in [2.05, 4.69) is 79.8 Å². The highest BCUT2D eigenvalue weighted by Crippen LogP contribution is 2.24. The second-order valence-corrected chi connectivity index (χ2v) is 6.31. The van der Waals surface area contributed by atoms with Crippen LogP contribution < -0.4 is 0 Å². The van der Waals surface area contributed by atoms with Crippen molar-refractivity contribution < 1.29 is 0 Å². The summed E-state index contributed by atoms with van der Waals surface area (Å²) in [6.45, 7) is 8.80. The lowest BCUT2D eigenvalue weighted by Crippen LogP contribution is -1.92. The van der Waals surface area contributed by atoms with Gasteiger partial charge >= 0.3 is 0 Å². The largest absolute Gasteiger partial charge is 0.306 e. The van der Waals surface area contributed by atoms with E-state index in [1.165, 1.54) is 22.0 Å². The summed E-state index contributed by atoms with van der Waals surface area (Å²) in [5.41, 5.74) is 3.68. The van der Waals surface area contributed by atoms with Gasteiger partial charge in [0.05, 0.1) is 12.0 Å². The third-order valence-electron chi connectivity index (χ3n) is 4.01. The van der Waals surface area contributed by atoms with E-state index in [1.807, 2.05) is 6.33 Å². The van der Waals surface area contributed by atoms with Crippen molar-refractivity contribution in [3.05, 3.63) is 60.2 Å². The van der Waals surface area contributed by atoms with Crippen LogP contribution in [0.4, 0.5) is 0 Å². The Morgan fingerprint density at radius 3 is 2.29 bits per heavy atom. The van der Waals surface area contributed by atoms with Crippen molar-refractivity contribution in [2.75, 3.05) is 0 Å². The van der Waals surface area contributed by atoms with Gasteiger partial charge in [0.15, 0.2) is 0 Å². The van der Waals surface area contributed by atoms with Crippen molar-refractivity contribution >= 4 is 10.8 Å². The number of benzene rings is 2. The van der Waals surface area contributed by atoms with E-state index in [-0.39, 0.29) is 0 Å². The van der Waals surface area contributed by atoms with Crippen LogP contribution in [0.3, 0.4) is 0 Å². The zero-order valence-electron chi connectivity index (χ0n) is 13.2. The SMILES string of the molecule is CC(C)c1ccc2ccc(-n3cnc(C(C)C)c3)cc2c1. The fraction of sp³-hybridized carbons (Fsp3) is 0.316. The smallest absolute Gasteiger partial charge is 0.0995 e. The fourth-order valence-electron chi connectivity index (χ4n) is 2.55. The molecule has 0 aliphatic rings. The van der Waals surface area contributed by atoms with Gasteiger partial charge in [0.1, 0.15) is 0 Å². The van der Waals surface area contributed by atoms with Gasteiger partial charge in [-0.1, -0.05) is 52.0 Å². The van der Waals surface area contributed by atoms with E-state index in [4.69, 9.17) is 0 Å². The molecule has 2 heteroatoms. The molecule has 1 aromatic heterocycles. The van der Waals surface area contributed by atoms with Gasteiger partial charge in [0, 0.05) is 11.9 Å². The minimum Gasteiger partial charge on any atom is -0.306 e. The molecule has 0 fully saturated rings. The molecule has 0 bridgehead atoms. The van der Waals surface area contributed by atoms with E-state index < -0.39 is 0 Å². The second kappa shape index (κ2) is 5.36. The Morgan fingerprint density at radius 1 is 0.857 bits per heavy atom. The minimum absolute atomic E-state index is 0.458. The van der Waals surface area contributed by atoms with Gasteiger partial charge in [0.25, 0.3) is 0 Å². The summed E-state index contributed by atoms with van der Waals surface area (Å²) in [6.07, 6.45) is 4.03. The summed E-state index contributed by atoms with van der Waals surface area (Å²) in [5.74, 6) is 1.01. The summed E-state index contributed by atoms with van der Waals surface area (Å²) < 4.78 is 2.11. The summed E-state index contributed by atoms with van der Waals surface area (Å²) in [6, 6.07) is 13.3. The molecule has 2 aromatic carbocycles. The zero-order valence-corrected chi connectivity index (χ0v) is 13.2. The number of imidazole rings is 1. The molecule has 0 aliphatic carbocycles. The zero-order chi connectivity index (χ0) is 15.0. The lowest BCUT2D eigenvalue weighted by Gasteiger charge is -2.09. The summed E-state index contributed by atoms with van der Waals surface area (Å²) in [4.78, 5) is 4.48. The molecular weight excluding hydrogens is 256 g/mol. The molecule has 0 spiro atoms. The maximum Gasteiger partial charge on any atom is 0.0995 e. The van der Waals surface area contributed by atoms with Crippen molar-refractivity contribution in [1.82, 2.24) is 9.55 Å². The van der Waals surface area contributed by atoms with E-state index in [9.17, 15) is 0 Å². The van der Waals surface area contributed by atoms with Crippen LogP contribution in [0.5, 0.6) is 0 Å². The number of rotatable bonds is 3. The first-order valence-corrected chi connectivity index (χ1v) is 7.62. The number of hydrogen-bond acceptors (Lipinski definition) is 1. The molecule has 0 saturated heterocycles. The van der Waals surface area contributed by atoms with E-state index in [0.29, 0.717) is 11.8 Å². The molecule has 21 heavy (non-hydrogen) atoms. The number of aromatic nitrogens is 2. The van der Waals surface area contributed by atoms with Crippen molar-refractivity contribution in [1.29, 1.82) is 0 Å². The third-order valence-corrected chi connectivity index (χ3v) is 4.01. The van der Waals surface area contributed by atoms with Gasteiger partial charge in [-0.3, -0.25) is 0 Å². The summed E-state index contributed by atoms with van der Waals surface area (Å²) in [7, 11) is 0. The third kappa shape index (κ3) is 2.71. The van der Waals surface area contributed by atoms with Crippen LogP contribution in [0.2, 0.25) is 0 Å². The Bertz CT molecular complexity index is 766. The van der Waals surface area contributed by atoms with Gasteiger partial charge in [-0.15, -0.1) is 0 Å². The van der Waals surface area contributed by atoms with Crippen LogP contribution in [0.1, 0.15) is 50.8 Å². The maximum absolute atomic E-state index is 4.48. The van der Waals surface area contributed by atoms with Crippen LogP contribution in [-0.4, -0.2) is 9.55 Å². The molecule has 0 unspecified atom stereocenters. The van der Waals surface area contributed by atoms with Crippen LogP contribution in [-0.2, 0) is 0 Å². The molecule has 0 radical (unpaired) electrons. The molecule has 0 atom stereocenters. The van der Waals surface area contributed by atoms with Gasteiger partial charge in [0.2, 0.25) is 0 Å². The van der Waals surface area contributed by atoms with Crippen LogP contribution >= 0.6 is 0 Å². The van der Waals surface area contributed by atoms with Crippen LogP contribution in [0.25, 0.3) is 16.5 Å². The fourth-order valence-corrected chi connectivity index (χ4v) is 2.55. The molecule has 0 aliphatic heterocycles. The lowest BCUT2D eigenvalue weighted by atomic mass is 9.99. The number of nitrogens with zero attached hydrogens (tertiary/aromatic N) is 2. The van der Waals surface area contributed by atoms with Crippen LogP contribution in [0.15, 0.2) is 48.9 Å². The average molecular weight is 278 g/mol. The van der Waals surface area contributed by atoms with E-state index in [1.54, 1.807) is 0 Å². The molecule has 3 aromatic rings. The predicted octanol–water partition coefficient (Wildman–Crippen LogP) is 5.27. The molecule has 0 N–H and O–H groups in total. The lowest BCUT2D eigenvalue weighted by molar-refractivity contribution is 0.831. The Balaban J connectivity index is 2.06. The summed E-state index contributed by atoms with van der Waals surface area (Å²) in [5, 5.41) is 2.57. The number of fused-ring (bicyclic) bond motifs is 1. The highest BCUT2D eigenvalue weighted by molar-refractivity contribution is 5.85. The van der Waals surface area contributed by atoms with Gasteiger partial charge in [-0.25, -0.2) is 4.98 Å². The predicted molar refractivity (Wildman–Crippen MR) is 89.2 cm³/mol. The Hall–Kier alpha value is -2.09. The highest BCUT2D eigenvalue weighted by atomic mass is 15.0. The van der Waals surface area contributed by atoms with E-state index >= 15 is 0 Å². The monoisotopic (exact) mass is 278 g/mol. The Kier molecular flexibility index (Phi) is 3.54. The molecule has 108 valence electrons. The highest BCUT2D eigenvalue weighted by Gasteiger charge is 2.06. The molecule has 2 nitrogen and oxygen atoms in total. The Morgan fingerprint density at radius 2 is 1.62 bits per heavy atom.